The van der Waals surface area contributed by atoms with Crippen LogP contribution in [0.5, 0.6) is 0 Å². The third kappa shape index (κ3) is 11.9. The topological polar surface area (TPSA) is 49.4 Å². The molecule has 8 heteroatoms. The number of halogens is 3. The van der Waals surface area contributed by atoms with Gasteiger partial charge >= 0.3 is 6.36 Å². The molecule has 0 heterocycles. The van der Waals surface area contributed by atoms with Gasteiger partial charge in [0.25, 0.3) is 0 Å². The van der Waals surface area contributed by atoms with Crippen molar-refractivity contribution in [1.82, 2.24) is 0 Å². The summed E-state index contributed by atoms with van der Waals surface area (Å²) in [6.45, 7) is 0. The Balaban J connectivity index is 0. The number of alkyl halides is 3. The monoisotopic (exact) mass is 252 g/mol. The Bertz CT molecular complexity index is 102. The molecule has 0 aliphatic heterocycles. The molecule has 0 saturated carbocycles. The third-order valence-electron chi connectivity index (χ3n) is 0.163. The van der Waals surface area contributed by atoms with Crippen LogP contribution in [0.1, 0.15) is 0 Å². The summed E-state index contributed by atoms with van der Waals surface area (Å²) < 4.78 is 52.6. The zero-order valence-electron chi connectivity index (χ0n) is 3.60. The van der Waals surface area contributed by atoms with Crippen LogP contribution >= 0.6 is 0 Å². The maximum Gasteiger partial charge on any atom is 0.534 e. The van der Waals surface area contributed by atoms with E-state index in [1.165, 1.54) is 0 Å². The average molecular weight is 252 g/mol. The van der Waals surface area contributed by atoms with Crippen molar-refractivity contribution in [2.75, 3.05) is 0 Å². The van der Waals surface area contributed by atoms with Gasteiger partial charge in [0.1, 0.15) is 0 Å². The van der Waals surface area contributed by atoms with E-state index in [1.54, 1.807) is 0 Å². The Morgan fingerprint density at radius 3 is 1.78 bits per heavy atom. The van der Waals surface area contributed by atoms with Crippen LogP contribution in [-0.2, 0) is 35.0 Å². The Hall–Kier alpha value is 0.483. The van der Waals surface area contributed by atoms with Gasteiger partial charge in [-0.2, -0.15) is 0 Å². The van der Waals surface area contributed by atoms with Crippen molar-refractivity contribution in [2.24, 2.45) is 0 Å². The molecule has 0 amide bonds. The summed E-state index contributed by atoms with van der Waals surface area (Å²) in [7, 11) is 0. The van der Waals surface area contributed by atoms with Gasteiger partial charge in [-0.05, 0) is 0 Å². The Labute approximate surface area is 63.8 Å². The molecule has 9 heavy (non-hydrogen) atoms. The molecule has 0 rings (SSSR count). The summed E-state index contributed by atoms with van der Waals surface area (Å²) in [5, 5.41) is 0. The van der Waals surface area contributed by atoms with E-state index in [4.69, 9.17) is 8.76 Å². The van der Waals surface area contributed by atoms with Crippen LogP contribution in [0.2, 0.25) is 0 Å². The van der Waals surface area contributed by atoms with Crippen molar-refractivity contribution < 1.29 is 45.6 Å². The first-order valence-corrected chi connectivity index (χ1v) is 2.27. The Morgan fingerprint density at radius 1 is 1.44 bits per heavy atom. The van der Waals surface area contributed by atoms with Crippen LogP contribution in [0.25, 0.3) is 0 Å². The predicted octanol–water partition coefficient (Wildman–Crippen LogP) is 0.314. The van der Waals surface area contributed by atoms with Crippen LogP contribution in [0, 0.1) is 0 Å². The maximum absolute atomic E-state index is 10.7. The van der Waals surface area contributed by atoms with E-state index >= 15 is 0 Å². The van der Waals surface area contributed by atoms with Crippen molar-refractivity contribution in [3.05, 3.63) is 0 Å². The summed E-state index contributed by atoms with van der Waals surface area (Å²) in [5.74, 6) is 0. The fourth-order valence-electron chi connectivity index (χ4n) is 0.0772. The van der Waals surface area contributed by atoms with E-state index in [2.05, 4.69) is 4.18 Å². The molecule has 0 spiro atoms. The second-order valence-corrected chi connectivity index (χ2v) is 1.31. The molecule has 3 nitrogen and oxygen atoms in total. The first kappa shape index (κ1) is 12.2. The molecular formula is CF3O3RhS-. The molecule has 1 unspecified atom stereocenters. The zero-order valence-corrected chi connectivity index (χ0v) is 6.06. The predicted molar refractivity (Wildman–Crippen MR) is 16.1 cm³/mol. The fraction of sp³-hybridized carbons (Fsp3) is 1.00. The normalized spacial score (nSPS) is 14.2. The van der Waals surface area contributed by atoms with E-state index < -0.39 is 17.7 Å². The van der Waals surface area contributed by atoms with Crippen LogP contribution in [-0.4, -0.2) is 15.1 Å². The van der Waals surface area contributed by atoms with Gasteiger partial charge in [-0.3, -0.25) is 0 Å². The molecule has 0 aromatic carbocycles. The number of hydrogen-bond acceptors (Lipinski definition) is 3. The van der Waals surface area contributed by atoms with E-state index in [0.29, 0.717) is 0 Å². The quantitative estimate of drug-likeness (QED) is 0.498. The van der Waals surface area contributed by atoms with Crippen molar-refractivity contribution in [3.8, 4) is 0 Å². The van der Waals surface area contributed by atoms with Crippen LogP contribution < -0.4 is 0 Å². The van der Waals surface area contributed by atoms with E-state index in [9.17, 15) is 13.2 Å². The standard InChI is InChI=1S/CHF3O3S.Rh/c2-1(3,4)7-8(5)6;/h(H,5,6);/p-1. The summed E-state index contributed by atoms with van der Waals surface area (Å²) in [6, 6.07) is 0. The molecule has 1 radical (unpaired) electrons. The largest absolute Gasteiger partial charge is 0.750 e. The van der Waals surface area contributed by atoms with Crippen LogP contribution in [0.4, 0.5) is 13.2 Å². The van der Waals surface area contributed by atoms with Gasteiger partial charge < -0.3 is 4.55 Å². The molecular weight excluding hydrogens is 252 g/mol. The average Bonchev–Trinajstić information content (AvgIpc) is 1.21. The summed E-state index contributed by atoms with van der Waals surface area (Å²) in [6.07, 6.45) is -5.09. The Kier molecular flexibility index (Phi) is 5.85. The Morgan fingerprint density at radius 2 is 1.78 bits per heavy atom. The molecule has 59 valence electrons. The van der Waals surface area contributed by atoms with E-state index in [-0.39, 0.29) is 19.5 Å². The molecule has 1 atom stereocenters. The molecule has 0 aromatic rings. The first-order chi connectivity index (χ1) is 3.42. The van der Waals surface area contributed by atoms with Gasteiger partial charge in [-0.15, -0.1) is 13.2 Å². The molecule has 0 saturated heterocycles. The van der Waals surface area contributed by atoms with Crippen molar-refractivity contribution >= 4 is 11.4 Å². The fourth-order valence-corrected chi connectivity index (χ4v) is 0.231. The van der Waals surface area contributed by atoms with Crippen molar-refractivity contribution in [3.63, 3.8) is 0 Å². The second kappa shape index (κ2) is 4.32. The number of hydrogen-bond donors (Lipinski definition) is 0. The minimum atomic E-state index is -5.09. The van der Waals surface area contributed by atoms with Gasteiger partial charge in [0, 0.05) is 19.5 Å². The van der Waals surface area contributed by atoms with Gasteiger partial charge in [0.15, 0.2) is 0 Å². The van der Waals surface area contributed by atoms with Gasteiger partial charge in [-0.1, -0.05) is 0 Å². The van der Waals surface area contributed by atoms with Crippen LogP contribution in [0.3, 0.4) is 0 Å². The van der Waals surface area contributed by atoms with E-state index in [0.717, 1.165) is 0 Å². The van der Waals surface area contributed by atoms with Gasteiger partial charge in [-0.25, -0.2) is 8.39 Å². The molecule has 0 fully saturated rings. The minimum Gasteiger partial charge on any atom is -0.750 e. The summed E-state index contributed by atoms with van der Waals surface area (Å²) in [4.78, 5) is 0. The summed E-state index contributed by atoms with van der Waals surface area (Å²) >= 11 is -3.51. The first-order valence-electron chi connectivity index (χ1n) is 1.27. The van der Waals surface area contributed by atoms with Gasteiger partial charge in [0.05, 0.1) is 11.4 Å². The molecule has 0 N–H and O–H groups in total. The molecule has 0 aliphatic carbocycles. The van der Waals surface area contributed by atoms with Crippen LogP contribution in [0.15, 0.2) is 0 Å². The SMILES string of the molecule is O=S([O-])OC(F)(F)F.[Rh]. The van der Waals surface area contributed by atoms with Crippen molar-refractivity contribution in [2.45, 2.75) is 6.36 Å². The summed E-state index contributed by atoms with van der Waals surface area (Å²) in [5.41, 5.74) is 0. The number of rotatable bonds is 1. The molecule has 0 bridgehead atoms. The van der Waals surface area contributed by atoms with E-state index in [1.807, 2.05) is 0 Å². The molecule has 0 aromatic heterocycles. The minimum absolute atomic E-state index is 0. The third-order valence-corrected chi connectivity index (χ3v) is 0.488. The van der Waals surface area contributed by atoms with Crippen molar-refractivity contribution in [1.29, 1.82) is 0 Å². The second-order valence-electron chi connectivity index (χ2n) is 0.733. The smallest absolute Gasteiger partial charge is 0.534 e. The van der Waals surface area contributed by atoms with Gasteiger partial charge in [0.2, 0.25) is 0 Å². The maximum atomic E-state index is 10.7. The molecule has 0 aliphatic rings. The zero-order chi connectivity index (χ0) is 6.78.